The zero-order valence-electron chi connectivity index (χ0n) is 25.3. The van der Waals surface area contributed by atoms with E-state index in [4.69, 9.17) is 18.9 Å². The van der Waals surface area contributed by atoms with E-state index in [1.54, 1.807) is 24.3 Å². The molecule has 0 aromatic heterocycles. The molecule has 0 radical (unpaired) electrons. The van der Waals surface area contributed by atoms with E-state index in [1.807, 2.05) is 39.8 Å². The third-order valence-corrected chi connectivity index (χ3v) is 7.21. The molecule has 3 aromatic carbocycles. The van der Waals surface area contributed by atoms with Crippen molar-refractivity contribution in [3.05, 3.63) is 76.9 Å². The van der Waals surface area contributed by atoms with E-state index in [-0.39, 0.29) is 24.3 Å². The highest BCUT2D eigenvalue weighted by molar-refractivity contribution is 5.97. The number of ether oxygens (including phenoxy) is 4. The number of amides is 1. The van der Waals surface area contributed by atoms with Crippen LogP contribution in [0, 0.1) is 0 Å². The summed E-state index contributed by atoms with van der Waals surface area (Å²) in [7, 11) is 0. The minimum absolute atomic E-state index is 0.0444. The Bertz CT molecular complexity index is 1390. The molecular formula is C34H42N2O6. The molecule has 1 heterocycles. The molecule has 8 nitrogen and oxygen atoms in total. The fraction of sp³-hybridized carbons (Fsp3) is 0.412. The highest BCUT2D eigenvalue weighted by Crippen LogP contribution is 2.40. The van der Waals surface area contributed by atoms with E-state index in [2.05, 4.69) is 28.4 Å². The maximum atomic E-state index is 13.3. The fourth-order valence-corrected chi connectivity index (χ4v) is 5.37. The van der Waals surface area contributed by atoms with Crippen molar-refractivity contribution in [2.24, 2.45) is 0 Å². The number of nitrogens with zero attached hydrogens (tertiary/aromatic N) is 1. The highest BCUT2D eigenvalue weighted by Gasteiger charge is 2.31. The number of Topliss-reactive ketones (excluding diaryl/α,β-unsaturated/α-hetero) is 1. The van der Waals surface area contributed by atoms with Gasteiger partial charge in [-0.15, -0.1) is 0 Å². The number of nitrogens with one attached hydrogen (secondary N) is 1. The molecule has 4 rings (SSSR count). The Kier molecular flexibility index (Phi) is 10.8. The van der Waals surface area contributed by atoms with Crippen LogP contribution in [0.25, 0.3) is 0 Å². The second-order valence-electron chi connectivity index (χ2n) is 10.1. The minimum atomic E-state index is -0.137. The Balaban J connectivity index is 1.67. The van der Waals surface area contributed by atoms with Crippen LogP contribution in [0.1, 0.15) is 67.7 Å². The number of ketones is 1. The van der Waals surface area contributed by atoms with Gasteiger partial charge in [-0.1, -0.05) is 18.2 Å². The zero-order chi connectivity index (χ0) is 30.1. The van der Waals surface area contributed by atoms with Crippen molar-refractivity contribution in [1.82, 2.24) is 4.90 Å². The molecule has 0 spiro atoms. The molecule has 0 bridgehead atoms. The summed E-state index contributed by atoms with van der Waals surface area (Å²) in [6, 6.07) is 17.2. The minimum Gasteiger partial charge on any atom is -0.490 e. The number of hydrogen-bond donors (Lipinski definition) is 1. The van der Waals surface area contributed by atoms with Gasteiger partial charge in [0.25, 0.3) is 0 Å². The van der Waals surface area contributed by atoms with Gasteiger partial charge in [-0.3, -0.25) is 14.5 Å². The molecule has 3 aromatic rings. The Labute approximate surface area is 248 Å². The quantitative estimate of drug-likeness (QED) is 0.227. The van der Waals surface area contributed by atoms with Crippen LogP contribution in [0.5, 0.6) is 23.0 Å². The first-order valence-electron chi connectivity index (χ1n) is 14.8. The number of rotatable bonds is 14. The van der Waals surface area contributed by atoms with Gasteiger partial charge in [0, 0.05) is 23.8 Å². The van der Waals surface area contributed by atoms with Gasteiger partial charge in [-0.2, -0.15) is 0 Å². The summed E-state index contributed by atoms with van der Waals surface area (Å²) < 4.78 is 23.6. The van der Waals surface area contributed by atoms with Crippen molar-refractivity contribution in [3.63, 3.8) is 0 Å². The second kappa shape index (κ2) is 14.7. The normalized spacial score (nSPS) is 14.5. The summed E-state index contributed by atoms with van der Waals surface area (Å²) >= 11 is 0. The topological polar surface area (TPSA) is 86.3 Å². The number of fused-ring (bicyclic) bond motifs is 1. The average Bonchev–Trinajstić information content (AvgIpc) is 2.96. The molecule has 1 aliphatic heterocycles. The Morgan fingerprint density at radius 1 is 0.810 bits per heavy atom. The van der Waals surface area contributed by atoms with Crippen LogP contribution in [0.15, 0.2) is 54.6 Å². The lowest BCUT2D eigenvalue weighted by atomic mass is 9.88. The molecule has 0 saturated heterocycles. The molecule has 0 fully saturated rings. The Morgan fingerprint density at radius 2 is 1.45 bits per heavy atom. The van der Waals surface area contributed by atoms with Gasteiger partial charge < -0.3 is 24.3 Å². The lowest BCUT2D eigenvalue weighted by molar-refractivity contribution is -0.118. The number of anilines is 1. The number of hydrogen-bond acceptors (Lipinski definition) is 7. The van der Waals surface area contributed by atoms with Crippen LogP contribution in [0.4, 0.5) is 5.69 Å². The predicted octanol–water partition coefficient (Wildman–Crippen LogP) is 6.26. The van der Waals surface area contributed by atoms with Crippen LogP contribution in [0.3, 0.4) is 0 Å². The predicted molar refractivity (Wildman–Crippen MR) is 164 cm³/mol. The molecule has 8 heteroatoms. The van der Waals surface area contributed by atoms with Gasteiger partial charge in [0.1, 0.15) is 0 Å². The summed E-state index contributed by atoms with van der Waals surface area (Å²) in [6.45, 7) is 12.4. The van der Waals surface area contributed by atoms with E-state index in [0.717, 1.165) is 29.0 Å². The largest absolute Gasteiger partial charge is 0.490 e. The van der Waals surface area contributed by atoms with Gasteiger partial charge in [0.05, 0.1) is 33.0 Å². The maximum absolute atomic E-state index is 13.3. The third-order valence-electron chi connectivity index (χ3n) is 7.21. The van der Waals surface area contributed by atoms with E-state index in [0.29, 0.717) is 62.1 Å². The summed E-state index contributed by atoms with van der Waals surface area (Å²) in [6.07, 6.45) is 1.44. The van der Waals surface area contributed by atoms with Crippen molar-refractivity contribution in [3.8, 4) is 23.0 Å². The van der Waals surface area contributed by atoms with E-state index in [9.17, 15) is 9.59 Å². The smallest absolute Gasteiger partial charge is 0.238 e. The van der Waals surface area contributed by atoms with Crippen molar-refractivity contribution in [2.45, 2.75) is 53.5 Å². The highest BCUT2D eigenvalue weighted by atomic mass is 16.5. The van der Waals surface area contributed by atoms with Crippen LogP contribution in [-0.2, 0) is 17.6 Å². The van der Waals surface area contributed by atoms with Crippen LogP contribution in [-0.4, -0.2) is 56.1 Å². The van der Waals surface area contributed by atoms with Crippen LogP contribution in [0.2, 0.25) is 0 Å². The fourth-order valence-electron chi connectivity index (χ4n) is 5.37. The van der Waals surface area contributed by atoms with Gasteiger partial charge in [0.15, 0.2) is 28.8 Å². The van der Waals surface area contributed by atoms with Crippen molar-refractivity contribution in [1.29, 1.82) is 0 Å². The lowest BCUT2D eigenvalue weighted by Crippen LogP contribution is -2.41. The van der Waals surface area contributed by atoms with Crippen LogP contribution < -0.4 is 24.3 Å². The second-order valence-corrected chi connectivity index (χ2v) is 10.1. The van der Waals surface area contributed by atoms with E-state index >= 15 is 0 Å². The molecule has 224 valence electrons. The van der Waals surface area contributed by atoms with Gasteiger partial charge in [0.2, 0.25) is 5.91 Å². The Hall–Kier alpha value is -4.04. The number of carbonyl (C=O) groups is 2. The molecule has 1 atom stereocenters. The third kappa shape index (κ3) is 7.62. The van der Waals surface area contributed by atoms with E-state index in [1.165, 1.54) is 12.5 Å². The molecule has 0 saturated carbocycles. The lowest BCUT2D eigenvalue weighted by Gasteiger charge is -2.37. The first-order chi connectivity index (χ1) is 20.4. The molecular weight excluding hydrogens is 532 g/mol. The van der Waals surface area contributed by atoms with Gasteiger partial charge >= 0.3 is 0 Å². The summed E-state index contributed by atoms with van der Waals surface area (Å²) in [5.74, 6) is 2.70. The zero-order valence-corrected chi connectivity index (χ0v) is 25.3. The first kappa shape index (κ1) is 30.9. The number of benzene rings is 3. The maximum Gasteiger partial charge on any atom is 0.238 e. The SMILES string of the molecule is CCOc1ccc(C[C@@H]2c3cc(OCC)c(OCC)cc3CCN2CC(=O)Nc2cccc(C(C)=O)c2)cc1OCC. The Morgan fingerprint density at radius 3 is 2.12 bits per heavy atom. The monoisotopic (exact) mass is 574 g/mol. The summed E-state index contributed by atoms with van der Waals surface area (Å²) in [5.41, 5.74) is 4.55. The molecule has 0 unspecified atom stereocenters. The van der Waals surface area contributed by atoms with Gasteiger partial charge in [-0.25, -0.2) is 0 Å². The van der Waals surface area contributed by atoms with Gasteiger partial charge in [-0.05, 0) is 101 Å². The molecule has 42 heavy (non-hydrogen) atoms. The average molecular weight is 575 g/mol. The summed E-state index contributed by atoms with van der Waals surface area (Å²) in [5, 5.41) is 2.98. The van der Waals surface area contributed by atoms with Crippen molar-refractivity contribution >= 4 is 17.4 Å². The first-order valence-corrected chi connectivity index (χ1v) is 14.8. The van der Waals surface area contributed by atoms with E-state index < -0.39 is 0 Å². The summed E-state index contributed by atoms with van der Waals surface area (Å²) in [4.78, 5) is 27.4. The molecule has 1 amide bonds. The molecule has 1 N–H and O–H groups in total. The molecule has 0 aliphatic carbocycles. The molecule has 1 aliphatic rings. The van der Waals surface area contributed by atoms with Crippen LogP contribution >= 0.6 is 0 Å². The van der Waals surface area contributed by atoms with Crippen molar-refractivity contribution in [2.75, 3.05) is 44.8 Å². The van der Waals surface area contributed by atoms with Crippen molar-refractivity contribution < 1.29 is 28.5 Å². The standard InChI is InChI=1S/C34H42N2O6/c1-6-39-30-14-13-24(18-31(30)40-7-2)17-29-28-21-33(42-9-4)32(41-8-3)20-26(28)15-16-36(29)22-34(38)35-27-12-10-11-25(19-27)23(5)37/h10-14,18-21,29H,6-9,15-17,22H2,1-5H3,(H,35,38)/t29-/m1/s1. The number of carbonyl (C=O) groups excluding carboxylic acids is 2.